The van der Waals surface area contributed by atoms with Crippen molar-refractivity contribution in [3.8, 4) is 0 Å². The van der Waals surface area contributed by atoms with Crippen LogP contribution in [0.4, 0.5) is 0 Å². The van der Waals surface area contributed by atoms with Crippen LogP contribution >= 0.6 is 11.6 Å². The van der Waals surface area contributed by atoms with Crippen molar-refractivity contribution in [2.75, 3.05) is 5.88 Å². The smallest absolute Gasteiger partial charge is 0.259 e. The molecule has 15 heavy (non-hydrogen) atoms. The maximum Gasteiger partial charge on any atom is 0.261 e. The summed E-state index contributed by atoms with van der Waals surface area (Å²) in [6, 6.07) is 7.62. The normalized spacial score (nSPS) is 11.5. The van der Waals surface area contributed by atoms with Gasteiger partial charge in [-0.3, -0.25) is 10.1 Å². The van der Waals surface area contributed by atoms with Gasteiger partial charge in [-0.25, -0.2) is 0 Å². The Balaban J connectivity index is 2.92. The zero-order valence-electron chi connectivity index (χ0n) is 8.44. The molecule has 80 valence electrons. The van der Waals surface area contributed by atoms with Gasteiger partial charge in [0.15, 0.2) is 0 Å². The average molecular weight is 226 g/mol. The Morgan fingerprint density at radius 2 is 2.07 bits per heavy atom. The molecule has 1 rings (SSSR count). The van der Waals surface area contributed by atoms with E-state index in [0.717, 1.165) is 12.0 Å². The molecule has 0 aliphatic heterocycles. The number of nitro groups is 1. The summed E-state index contributed by atoms with van der Waals surface area (Å²) < 4.78 is 0. The lowest BCUT2D eigenvalue weighted by molar-refractivity contribution is -0.422. The number of alkyl halides is 1. The summed E-state index contributed by atoms with van der Waals surface area (Å²) in [6.07, 6.45) is 2.45. The summed E-state index contributed by atoms with van der Waals surface area (Å²) in [5, 5.41) is 10.5. The van der Waals surface area contributed by atoms with Crippen molar-refractivity contribution in [2.24, 2.45) is 0 Å². The third-order valence-electron chi connectivity index (χ3n) is 2.09. The molecule has 0 fully saturated rings. The highest BCUT2D eigenvalue weighted by Crippen LogP contribution is 2.10. The van der Waals surface area contributed by atoms with E-state index in [1.165, 1.54) is 11.6 Å². The van der Waals surface area contributed by atoms with Crippen molar-refractivity contribution in [2.45, 2.75) is 13.3 Å². The van der Waals surface area contributed by atoms with Crippen LogP contribution in [-0.4, -0.2) is 10.8 Å². The van der Waals surface area contributed by atoms with Gasteiger partial charge in [-0.1, -0.05) is 31.2 Å². The summed E-state index contributed by atoms with van der Waals surface area (Å²) >= 11 is 5.46. The molecule has 0 unspecified atom stereocenters. The van der Waals surface area contributed by atoms with Gasteiger partial charge < -0.3 is 0 Å². The Labute approximate surface area is 93.5 Å². The molecular weight excluding hydrogens is 214 g/mol. The minimum atomic E-state index is -0.458. The molecule has 0 atom stereocenters. The quantitative estimate of drug-likeness (QED) is 0.449. The highest BCUT2D eigenvalue weighted by molar-refractivity contribution is 6.19. The third-order valence-corrected chi connectivity index (χ3v) is 2.37. The largest absolute Gasteiger partial charge is 0.261 e. The molecule has 0 saturated heterocycles. The molecule has 4 heteroatoms. The lowest BCUT2D eigenvalue weighted by Gasteiger charge is -1.97. The van der Waals surface area contributed by atoms with Crippen LogP contribution in [0.1, 0.15) is 18.1 Å². The Morgan fingerprint density at radius 3 is 2.47 bits per heavy atom. The molecule has 0 aromatic heterocycles. The van der Waals surface area contributed by atoms with Gasteiger partial charge >= 0.3 is 0 Å². The van der Waals surface area contributed by atoms with Crippen molar-refractivity contribution in [1.29, 1.82) is 0 Å². The summed E-state index contributed by atoms with van der Waals surface area (Å²) in [4.78, 5) is 10.1. The lowest BCUT2D eigenvalue weighted by atomic mass is 10.1. The van der Waals surface area contributed by atoms with Crippen molar-refractivity contribution in [1.82, 2.24) is 0 Å². The first-order chi connectivity index (χ1) is 7.17. The molecule has 0 radical (unpaired) electrons. The predicted octanol–water partition coefficient (Wildman–Crippen LogP) is 3.11. The van der Waals surface area contributed by atoms with Gasteiger partial charge in [0, 0.05) is 6.08 Å². The molecule has 0 saturated carbocycles. The zero-order valence-corrected chi connectivity index (χ0v) is 9.20. The number of nitrogens with zero attached hydrogens (tertiary/aromatic N) is 1. The monoisotopic (exact) mass is 225 g/mol. The molecule has 3 nitrogen and oxygen atoms in total. The maximum atomic E-state index is 10.5. The number of hydrogen-bond donors (Lipinski definition) is 0. The fourth-order valence-electron chi connectivity index (χ4n) is 1.18. The van der Waals surface area contributed by atoms with E-state index in [4.69, 9.17) is 11.6 Å². The maximum absolute atomic E-state index is 10.5. The zero-order chi connectivity index (χ0) is 11.3. The van der Waals surface area contributed by atoms with Gasteiger partial charge in [-0.05, 0) is 17.5 Å². The second-order valence-corrected chi connectivity index (χ2v) is 3.39. The number of hydrogen-bond acceptors (Lipinski definition) is 2. The van der Waals surface area contributed by atoms with Crippen molar-refractivity contribution in [3.05, 3.63) is 51.2 Å². The molecule has 0 heterocycles. The van der Waals surface area contributed by atoms with Crippen LogP contribution in [-0.2, 0) is 6.42 Å². The average Bonchev–Trinajstić information content (AvgIpc) is 2.26. The van der Waals surface area contributed by atoms with Gasteiger partial charge in [0.05, 0.1) is 4.92 Å². The second kappa shape index (κ2) is 5.51. The molecule has 1 aromatic rings. The number of aryl methyl sites for hydroxylation is 1. The summed E-state index contributed by atoms with van der Waals surface area (Å²) in [7, 11) is 0. The minimum Gasteiger partial charge on any atom is -0.259 e. The number of benzene rings is 1. The van der Waals surface area contributed by atoms with E-state index in [2.05, 4.69) is 6.92 Å². The highest BCUT2D eigenvalue weighted by atomic mass is 35.5. The van der Waals surface area contributed by atoms with Crippen LogP contribution in [0, 0.1) is 10.1 Å². The van der Waals surface area contributed by atoms with E-state index in [0.29, 0.717) is 0 Å². The van der Waals surface area contributed by atoms with Crippen molar-refractivity contribution >= 4 is 17.7 Å². The van der Waals surface area contributed by atoms with Crippen LogP contribution in [0.3, 0.4) is 0 Å². The van der Waals surface area contributed by atoms with Gasteiger partial charge in [-0.15, -0.1) is 11.6 Å². The third kappa shape index (κ3) is 3.36. The van der Waals surface area contributed by atoms with Gasteiger partial charge in [-0.2, -0.15) is 0 Å². The van der Waals surface area contributed by atoms with Crippen LogP contribution < -0.4 is 0 Å². The van der Waals surface area contributed by atoms with E-state index in [1.54, 1.807) is 0 Å². The molecular formula is C11H12ClNO2. The highest BCUT2D eigenvalue weighted by Gasteiger charge is 2.07. The van der Waals surface area contributed by atoms with E-state index < -0.39 is 4.92 Å². The second-order valence-electron chi connectivity index (χ2n) is 3.12. The van der Waals surface area contributed by atoms with E-state index in [9.17, 15) is 10.1 Å². The van der Waals surface area contributed by atoms with Crippen molar-refractivity contribution in [3.63, 3.8) is 0 Å². The van der Waals surface area contributed by atoms with Gasteiger partial charge in [0.25, 0.3) is 5.70 Å². The minimum absolute atomic E-state index is 0.0147. The number of allylic oxidation sites excluding steroid dienone is 1. The van der Waals surface area contributed by atoms with E-state index >= 15 is 0 Å². The molecule has 0 N–H and O–H groups in total. The first kappa shape index (κ1) is 11.7. The molecule has 0 spiro atoms. The Kier molecular flexibility index (Phi) is 4.31. The molecule has 0 bridgehead atoms. The Bertz CT molecular complexity index is 371. The Morgan fingerprint density at radius 1 is 1.47 bits per heavy atom. The van der Waals surface area contributed by atoms with Gasteiger partial charge in [0.1, 0.15) is 5.88 Å². The SMILES string of the molecule is CCc1ccc(/C=C(\CCl)[N+](=O)[O-])cc1. The fraction of sp³-hybridized carbons (Fsp3) is 0.273. The van der Waals surface area contributed by atoms with Crippen LogP contribution in [0.5, 0.6) is 0 Å². The van der Waals surface area contributed by atoms with Crippen molar-refractivity contribution < 1.29 is 4.92 Å². The predicted molar refractivity (Wildman–Crippen MR) is 61.5 cm³/mol. The Hall–Kier alpha value is -1.35. The topological polar surface area (TPSA) is 43.1 Å². The summed E-state index contributed by atoms with van der Waals surface area (Å²) in [6.45, 7) is 2.06. The summed E-state index contributed by atoms with van der Waals surface area (Å²) in [5.41, 5.74) is 2.03. The van der Waals surface area contributed by atoms with Gasteiger partial charge in [0.2, 0.25) is 0 Å². The molecule has 0 aliphatic carbocycles. The van der Waals surface area contributed by atoms with Crippen LogP contribution in [0.15, 0.2) is 30.0 Å². The lowest BCUT2D eigenvalue weighted by Crippen LogP contribution is -1.99. The standard InChI is InChI=1S/C11H12ClNO2/c1-2-9-3-5-10(6-4-9)7-11(8-12)13(14)15/h3-7H,2,8H2,1H3/b11-7+. The number of rotatable bonds is 4. The van der Waals surface area contributed by atoms with E-state index in [-0.39, 0.29) is 11.6 Å². The molecule has 0 amide bonds. The molecule has 1 aromatic carbocycles. The fourth-order valence-corrected chi connectivity index (χ4v) is 1.36. The molecule has 0 aliphatic rings. The van der Waals surface area contributed by atoms with Crippen LogP contribution in [0.2, 0.25) is 0 Å². The first-order valence-corrected chi connectivity index (χ1v) is 5.20. The van der Waals surface area contributed by atoms with E-state index in [1.807, 2.05) is 24.3 Å². The summed E-state index contributed by atoms with van der Waals surface area (Å²) in [5.74, 6) is -0.0808. The first-order valence-electron chi connectivity index (χ1n) is 4.67. The van der Waals surface area contributed by atoms with Crippen LogP contribution in [0.25, 0.3) is 6.08 Å². The number of halogens is 1.